The van der Waals surface area contributed by atoms with Crippen LogP contribution in [0.1, 0.15) is 71.1 Å². The van der Waals surface area contributed by atoms with Crippen LogP contribution in [0.3, 0.4) is 0 Å². The predicted molar refractivity (Wildman–Crippen MR) is 81.3 cm³/mol. The molecule has 0 unspecified atom stereocenters. The molecule has 0 aromatic heterocycles. The van der Waals surface area contributed by atoms with Crippen molar-refractivity contribution < 1.29 is 4.79 Å². The molecule has 4 rings (SSSR count). The number of fused-ring (bicyclic) bond motifs is 5. The van der Waals surface area contributed by atoms with Crippen LogP contribution in [0.5, 0.6) is 0 Å². The second-order valence-electron chi connectivity index (χ2n) is 8.29. The van der Waals surface area contributed by atoms with Gasteiger partial charge in [-0.3, -0.25) is 0 Å². The van der Waals surface area contributed by atoms with Gasteiger partial charge in [0.05, 0.1) is 0 Å². The van der Waals surface area contributed by atoms with E-state index in [1.54, 1.807) is 0 Å². The number of carbonyl (C=O) groups excluding carboxylic acids is 1. The summed E-state index contributed by atoms with van der Waals surface area (Å²) in [5.74, 6) is 2.39. The van der Waals surface area contributed by atoms with Crippen LogP contribution in [0.25, 0.3) is 0 Å². The SMILES string of the molecule is C[C@@]12CCC[C@H]1[C@@H]1CC=C3CCCC[C@]3(C=O)[C@H]1CC2. The Hall–Kier alpha value is -0.590. The molecular formula is C19H28O. The summed E-state index contributed by atoms with van der Waals surface area (Å²) in [5.41, 5.74) is 2.10. The number of carbonyl (C=O) groups is 1. The zero-order valence-electron chi connectivity index (χ0n) is 12.9. The summed E-state index contributed by atoms with van der Waals surface area (Å²) < 4.78 is 0. The van der Waals surface area contributed by atoms with Crippen LogP contribution in [0.15, 0.2) is 11.6 Å². The lowest BCUT2D eigenvalue weighted by Gasteiger charge is -2.56. The molecule has 110 valence electrons. The van der Waals surface area contributed by atoms with Crippen molar-refractivity contribution in [3.05, 3.63) is 11.6 Å². The Balaban J connectivity index is 1.73. The van der Waals surface area contributed by atoms with Crippen LogP contribution in [-0.4, -0.2) is 6.29 Å². The zero-order valence-corrected chi connectivity index (χ0v) is 12.9. The lowest BCUT2D eigenvalue weighted by Crippen LogP contribution is -2.50. The molecule has 0 heterocycles. The van der Waals surface area contributed by atoms with Gasteiger partial charge in [-0.2, -0.15) is 0 Å². The Kier molecular flexibility index (Phi) is 2.91. The molecule has 0 aliphatic heterocycles. The van der Waals surface area contributed by atoms with Gasteiger partial charge in [0.2, 0.25) is 0 Å². The Morgan fingerprint density at radius 3 is 2.85 bits per heavy atom. The molecule has 0 spiro atoms. The molecule has 4 aliphatic carbocycles. The first-order chi connectivity index (χ1) is 9.70. The minimum atomic E-state index is -0.0366. The van der Waals surface area contributed by atoms with E-state index >= 15 is 0 Å². The van der Waals surface area contributed by atoms with Gasteiger partial charge in [0.15, 0.2) is 0 Å². The van der Waals surface area contributed by atoms with Crippen LogP contribution in [0.2, 0.25) is 0 Å². The summed E-state index contributed by atoms with van der Waals surface area (Å²) in [6.07, 6.45) is 17.0. The third-order valence-corrected chi connectivity index (χ3v) is 7.61. The molecule has 3 fully saturated rings. The van der Waals surface area contributed by atoms with Gasteiger partial charge in [0, 0.05) is 5.41 Å². The van der Waals surface area contributed by atoms with Crippen LogP contribution in [0.4, 0.5) is 0 Å². The fourth-order valence-electron chi connectivity index (χ4n) is 6.59. The van der Waals surface area contributed by atoms with Gasteiger partial charge in [-0.05, 0) is 74.5 Å². The van der Waals surface area contributed by atoms with Gasteiger partial charge >= 0.3 is 0 Å². The number of hydrogen-bond acceptors (Lipinski definition) is 1. The van der Waals surface area contributed by atoms with Gasteiger partial charge in [-0.25, -0.2) is 0 Å². The molecule has 0 aromatic carbocycles. The molecule has 3 saturated carbocycles. The van der Waals surface area contributed by atoms with E-state index in [2.05, 4.69) is 13.0 Å². The van der Waals surface area contributed by atoms with Crippen molar-refractivity contribution in [1.82, 2.24) is 0 Å². The fourth-order valence-corrected chi connectivity index (χ4v) is 6.59. The van der Waals surface area contributed by atoms with Gasteiger partial charge in [0.1, 0.15) is 6.29 Å². The smallest absolute Gasteiger partial charge is 0.130 e. The molecule has 1 nitrogen and oxygen atoms in total. The van der Waals surface area contributed by atoms with E-state index in [1.165, 1.54) is 69.6 Å². The maximum Gasteiger partial charge on any atom is 0.130 e. The van der Waals surface area contributed by atoms with Crippen molar-refractivity contribution in [2.75, 3.05) is 0 Å². The normalized spacial score (nSPS) is 50.6. The molecule has 0 aromatic rings. The summed E-state index contributed by atoms with van der Waals surface area (Å²) in [4.78, 5) is 12.1. The highest BCUT2D eigenvalue weighted by Crippen LogP contribution is 2.64. The second kappa shape index (κ2) is 4.45. The molecule has 0 N–H and O–H groups in total. The first-order valence-electron chi connectivity index (χ1n) is 8.85. The minimum Gasteiger partial charge on any atom is -0.302 e. The molecule has 0 amide bonds. The maximum absolute atomic E-state index is 12.1. The van der Waals surface area contributed by atoms with Crippen LogP contribution in [-0.2, 0) is 4.79 Å². The molecule has 1 heteroatoms. The number of aldehydes is 1. The Bertz CT molecular complexity index is 451. The third-order valence-electron chi connectivity index (χ3n) is 7.61. The molecule has 0 saturated heterocycles. The van der Waals surface area contributed by atoms with Crippen molar-refractivity contribution in [3.8, 4) is 0 Å². The quantitative estimate of drug-likeness (QED) is 0.489. The highest BCUT2D eigenvalue weighted by Gasteiger charge is 2.56. The van der Waals surface area contributed by atoms with E-state index in [0.717, 1.165) is 18.3 Å². The number of hydrogen-bond donors (Lipinski definition) is 0. The summed E-state index contributed by atoms with van der Waals surface area (Å²) in [6.45, 7) is 2.54. The average Bonchev–Trinajstić information content (AvgIpc) is 2.88. The largest absolute Gasteiger partial charge is 0.302 e. The third kappa shape index (κ3) is 1.58. The summed E-state index contributed by atoms with van der Waals surface area (Å²) in [7, 11) is 0. The monoisotopic (exact) mass is 272 g/mol. The summed E-state index contributed by atoms with van der Waals surface area (Å²) in [6, 6.07) is 0. The van der Waals surface area contributed by atoms with Crippen molar-refractivity contribution >= 4 is 6.29 Å². The van der Waals surface area contributed by atoms with Crippen molar-refractivity contribution in [2.45, 2.75) is 71.1 Å². The van der Waals surface area contributed by atoms with E-state index in [4.69, 9.17) is 0 Å². The summed E-state index contributed by atoms with van der Waals surface area (Å²) >= 11 is 0. The highest BCUT2D eigenvalue weighted by molar-refractivity contribution is 5.67. The zero-order chi connectivity index (χ0) is 13.8. The lowest BCUT2D eigenvalue weighted by atomic mass is 9.48. The Morgan fingerprint density at radius 2 is 2.00 bits per heavy atom. The van der Waals surface area contributed by atoms with Crippen LogP contribution >= 0.6 is 0 Å². The molecular weight excluding hydrogens is 244 g/mol. The standard InChI is InChI=1S/C19H28O/c1-18-10-4-6-16(18)15-8-7-14-5-2-3-11-19(14,13-20)17(15)9-12-18/h7,13,15-17H,2-6,8-12H2,1H3/t15-,16-,17-,18-,19+/m0/s1. The number of allylic oxidation sites excluding steroid dienone is 2. The molecule has 0 bridgehead atoms. The van der Waals surface area contributed by atoms with E-state index in [1.807, 2.05) is 0 Å². The van der Waals surface area contributed by atoms with Gasteiger partial charge in [-0.15, -0.1) is 0 Å². The first-order valence-corrected chi connectivity index (χ1v) is 8.85. The highest BCUT2D eigenvalue weighted by atomic mass is 16.1. The summed E-state index contributed by atoms with van der Waals surface area (Å²) in [5, 5.41) is 0. The van der Waals surface area contributed by atoms with Gasteiger partial charge in [-0.1, -0.05) is 31.4 Å². The Morgan fingerprint density at radius 1 is 1.10 bits per heavy atom. The maximum atomic E-state index is 12.1. The van der Waals surface area contributed by atoms with Crippen molar-refractivity contribution in [3.63, 3.8) is 0 Å². The van der Waals surface area contributed by atoms with Crippen molar-refractivity contribution in [2.24, 2.45) is 28.6 Å². The molecule has 20 heavy (non-hydrogen) atoms. The average molecular weight is 272 g/mol. The van der Waals surface area contributed by atoms with Crippen LogP contribution in [0, 0.1) is 28.6 Å². The topological polar surface area (TPSA) is 17.1 Å². The van der Waals surface area contributed by atoms with E-state index < -0.39 is 0 Å². The number of rotatable bonds is 1. The minimum absolute atomic E-state index is 0.0366. The second-order valence-corrected chi connectivity index (χ2v) is 8.29. The molecule has 5 atom stereocenters. The predicted octanol–water partition coefficient (Wildman–Crippen LogP) is 4.91. The van der Waals surface area contributed by atoms with E-state index in [0.29, 0.717) is 11.3 Å². The first kappa shape index (κ1) is 13.1. The molecule has 0 radical (unpaired) electrons. The van der Waals surface area contributed by atoms with Crippen molar-refractivity contribution in [1.29, 1.82) is 0 Å². The van der Waals surface area contributed by atoms with Gasteiger partial charge < -0.3 is 4.79 Å². The van der Waals surface area contributed by atoms with E-state index in [9.17, 15) is 4.79 Å². The fraction of sp³-hybridized carbons (Fsp3) is 0.842. The molecule has 4 aliphatic rings. The van der Waals surface area contributed by atoms with Gasteiger partial charge in [0.25, 0.3) is 0 Å². The Labute approximate surface area is 123 Å². The van der Waals surface area contributed by atoms with E-state index in [-0.39, 0.29) is 5.41 Å². The lowest BCUT2D eigenvalue weighted by molar-refractivity contribution is -0.124. The van der Waals surface area contributed by atoms with Crippen LogP contribution < -0.4 is 0 Å².